The van der Waals surface area contributed by atoms with E-state index in [1.54, 1.807) is 6.07 Å². The molecule has 1 saturated heterocycles. The van der Waals surface area contributed by atoms with Crippen molar-refractivity contribution in [3.63, 3.8) is 0 Å². The molecule has 0 radical (unpaired) electrons. The van der Waals surface area contributed by atoms with Crippen LogP contribution in [0.25, 0.3) is 0 Å². The Hall–Kier alpha value is -0.550. The maximum absolute atomic E-state index is 11.6. The molecule has 1 aromatic carbocycles. The molecule has 27 heavy (non-hydrogen) atoms. The van der Waals surface area contributed by atoms with Crippen molar-refractivity contribution in [2.45, 2.75) is 74.0 Å². The van der Waals surface area contributed by atoms with Gasteiger partial charge in [0, 0.05) is 16.0 Å². The van der Waals surface area contributed by atoms with Gasteiger partial charge >= 0.3 is 0 Å². The number of rotatable bonds is 3. The summed E-state index contributed by atoms with van der Waals surface area (Å²) in [6, 6.07) is 3.10. The van der Waals surface area contributed by atoms with Crippen LogP contribution in [0, 0.1) is 5.92 Å². The SMILES string of the molecule is CC1(C)CC(CC2NSc3cc(S(N)(=O)=O)c(Cl)cc3N2)CC(C)(C)N1O. The molecule has 1 aromatic rings. The number of hydroxylamine groups is 2. The van der Waals surface area contributed by atoms with Crippen LogP contribution in [0.1, 0.15) is 47.0 Å². The van der Waals surface area contributed by atoms with Gasteiger partial charge in [0.2, 0.25) is 10.0 Å². The Morgan fingerprint density at radius 1 is 1.30 bits per heavy atom. The summed E-state index contributed by atoms with van der Waals surface area (Å²) in [7, 11) is -3.86. The lowest BCUT2D eigenvalue weighted by Gasteiger charge is -2.52. The van der Waals surface area contributed by atoms with Gasteiger partial charge in [-0.2, -0.15) is 5.06 Å². The van der Waals surface area contributed by atoms with Crippen LogP contribution in [0.3, 0.4) is 0 Å². The molecular formula is C17H27ClN4O3S2. The number of fused-ring (bicyclic) bond motifs is 1. The van der Waals surface area contributed by atoms with Gasteiger partial charge in [0.15, 0.2) is 0 Å². The van der Waals surface area contributed by atoms with Crippen LogP contribution in [0.15, 0.2) is 21.9 Å². The van der Waals surface area contributed by atoms with Crippen molar-refractivity contribution >= 4 is 39.3 Å². The first kappa shape index (κ1) is 21.2. The Morgan fingerprint density at radius 3 is 2.44 bits per heavy atom. The topological polar surface area (TPSA) is 108 Å². The van der Waals surface area contributed by atoms with E-state index in [0.717, 1.165) is 29.8 Å². The number of halogens is 1. The number of benzene rings is 1. The van der Waals surface area contributed by atoms with Crippen LogP contribution in [-0.2, 0) is 10.0 Å². The average Bonchev–Trinajstić information content (AvgIpc) is 2.50. The Labute approximate surface area is 170 Å². The number of nitrogens with one attached hydrogen (secondary N) is 2. The predicted molar refractivity (Wildman–Crippen MR) is 108 cm³/mol. The zero-order chi connectivity index (χ0) is 20.2. The van der Waals surface area contributed by atoms with Gasteiger partial charge in [0.1, 0.15) is 4.90 Å². The van der Waals surface area contributed by atoms with Gasteiger partial charge in [-0.15, -0.1) is 0 Å². The van der Waals surface area contributed by atoms with E-state index >= 15 is 0 Å². The van der Waals surface area contributed by atoms with Crippen molar-refractivity contribution in [1.29, 1.82) is 0 Å². The van der Waals surface area contributed by atoms with Crippen molar-refractivity contribution < 1.29 is 13.6 Å². The zero-order valence-corrected chi connectivity index (χ0v) is 18.3. The number of hydrogen-bond acceptors (Lipinski definition) is 7. The molecule has 1 fully saturated rings. The second kappa shape index (κ2) is 7.05. The molecule has 0 aliphatic carbocycles. The summed E-state index contributed by atoms with van der Waals surface area (Å²) < 4.78 is 26.6. The largest absolute Gasteiger partial charge is 0.368 e. The van der Waals surface area contributed by atoms with Crippen molar-refractivity contribution in [2.24, 2.45) is 11.1 Å². The molecule has 5 N–H and O–H groups in total. The number of anilines is 1. The molecule has 0 bridgehead atoms. The third-order valence-electron chi connectivity index (χ3n) is 5.27. The van der Waals surface area contributed by atoms with E-state index < -0.39 is 10.0 Å². The van der Waals surface area contributed by atoms with Crippen LogP contribution in [0.4, 0.5) is 5.69 Å². The number of piperidine rings is 1. The summed E-state index contributed by atoms with van der Waals surface area (Å²) in [5.41, 5.74) is 0.207. The van der Waals surface area contributed by atoms with Gasteiger partial charge in [0.05, 0.1) is 16.9 Å². The van der Waals surface area contributed by atoms with Crippen LogP contribution >= 0.6 is 23.5 Å². The molecule has 152 valence electrons. The van der Waals surface area contributed by atoms with E-state index in [4.69, 9.17) is 16.7 Å². The third-order valence-corrected chi connectivity index (χ3v) is 7.61. The van der Waals surface area contributed by atoms with E-state index in [1.807, 2.05) is 0 Å². The molecule has 0 amide bonds. The molecule has 0 aromatic heterocycles. The van der Waals surface area contributed by atoms with Crippen LogP contribution in [-0.4, -0.2) is 35.9 Å². The van der Waals surface area contributed by atoms with E-state index in [0.29, 0.717) is 5.92 Å². The quantitative estimate of drug-likeness (QED) is 0.540. The van der Waals surface area contributed by atoms with E-state index in [2.05, 4.69) is 37.7 Å². The van der Waals surface area contributed by atoms with Gasteiger partial charge in [0.25, 0.3) is 0 Å². The molecule has 1 unspecified atom stereocenters. The first-order valence-corrected chi connectivity index (χ1v) is 11.6. The third kappa shape index (κ3) is 4.39. The smallest absolute Gasteiger partial charge is 0.239 e. The van der Waals surface area contributed by atoms with Crippen molar-refractivity contribution in [3.05, 3.63) is 17.2 Å². The monoisotopic (exact) mass is 434 g/mol. The summed E-state index contributed by atoms with van der Waals surface area (Å²) in [5.74, 6) is 0.421. The highest BCUT2D eigenvalue weighted by molar-refractivity contribution is 7.97. The molecule has 2 aliphatic heterocycles. The molecule has 0 spiro atoms. The highest BCUT2D eigenvalue weighted by Gasteiger charge is 2.45. The summed E-state index contributed by atoms with van der Waals surface area (Å²) in [6.07, 6.45) is 2.66. The minimum absolute atomic E-state index is 0.0146. The Morgan fingerprint density at radius 2 is 1.89 bits per heavy atom. The zero-order valence-electron chi connectivity index (χ0n) is 15.9. The van der Waals surface area contributed by atoms with E-state index in [9.17, 15) is 13.6 Å². The number of hydrogen-bond donors (Lipinski definition) is 4. The lowest BCUT2D eigenvalue weighted by Crippen LogP contribution is -2.59. The van der Waals surface area contributed by atoms with Crippen molar-refractivity contribution in [2.75, 3.05) is 5.32 Å². The van der Waals surface area contributed by atoms with Crippen LogP contribution in [0.5, 0.6) is 0 Å². The fourth-order valence-electron chi connectivity index (χ4n) is 4.39. The second-order valence-electron chi connectivity index (χ2n) is 8.69. The number of sulfonamides is 1. The van der Waals surface area contributed by atoms with Crippen molar-refractivity contribution in [1.82, 2.24) is 9.79 Å². The maximum Gasteiger partial charge on any atom is 0.239 e. The van der Waals surface area contributed by atoms with Gasteiger partial charge in [-0.05, 0) is 77.0 Å². The molecule has 0 saturated carbocycles. The van der Waals surface area contributed by atoms with Crippen LogP contribution in [0.2, 0.25) is 5.02 Å². The molecule has 2 heterocycles. The second-order valence-corrected chi connectivity index (χ2v) is 11.5. The summed E-state index contributed by atoms with van der Waals surface area (Å²) in [6.45, 7) is 8.23. The number of nitrogens with zero attached hydrogens (tertiary/aromatic N) is 1. The maximum atomic E-state index is 11.6. The van der Waals surface area contributed by atoms with E-state index in [-0.39, 0.29) is 27.2 Å². The Balaban J connectivity index is 1.75. The summed E-state index contributed by atoms with van der Waals surface area (Å²) in [4.78, 5) is 0.668. The fraction of sp³-hybridized carbons (Fsp3) is 0.647. The number of primary sulfonamides is 1. The minimum atomic E-state index is -3.86. The van der Waals surface area contributed by atoms with Gasteiger partial charge in [-0.3, -0.25) is 0 Å². The molecule has 2 aliphatic rings. The summed E-state index contributed by atoms with van der Waals surface area (Å²) >= 11 is 7.49. The normalized spacial score (nSPS) is 25.7. The highest BCUT2D eigenvalue weighted by Crippen LogP contribution is 2.43. The molecule has 7 nitrogen and oxygen atoms in total. The van der Waals surface area contributed by atoms with Gasteiger partial charge < -0.3 is 10.5 Å². The Bertz CT molecular complexity index is 827. The van der Waals surface area contributed by atoms with E-state index in [1.165, 1.54) is 23.1 Å². The molecular weight excluding hydrogens is 408 g/mol. The van der Waals surface area contributed by atoms with Gasteiger partial charge in [-0.1, -0.05) is 11.6 Å². The number of nitrogens with two attached hydrogens (primary N) is 1. The first-order chi connectivity index (χ1) is 12.3. The predicted octanol–water partition coefficient (Wildman–Crippen LogP) is 3.38. The highest BCUT2D eigenvalue weighted by atomic mass is 35.5. The van der Waals surface area contributed by atoms with Crippen LogP contribution < -0.4 is 15.2 Å². The lowest BCUT2D eigenvalue weighted by molar-refractivity contribution is -0.251. The molecule has 1 atom stereocenters. The molecule has 10 heteroatoms. The minimum Gasteiger partial charge on any atom is -0.368 e. The van der Waals surface area contributed by atoms with Gasteiger partial charge in [-0.25, -0.2) is 18.3 Å². The average molecular weight is 435 g/mol. The summed E-state index contributed by atoms with van der Waals surface area (Å²) in [5, 5.41) is 20.7. The first-order valence-electron chi connectivity index (χ1n) is 8.84. The standard InChI is InChI=1S/C17H27ClN4O3S2/c1-16(2)8-10(9-17(3,4)22(16)23)5-15-20-12-6-11(18)14(27(19,24)25)7-13(12)26-21-15/h6-7,10,15,20-21,23H,5,8-9H2,1-4H3,(H2,19,24,25). The van der Waals surface area contributed by atoms with Crippen molar-refractivity contribution in [3.8, 4) is 0 Å². The molecule has 3 rings (SSSR count). The fourth-order valence-corrected chi connectivity index (χ4v) is 6.39. The lowest BCUT2D eigenvalue weighted by atomic mass is 9.74. The Kier molecular flexibility index (Phi) is 5.53.